The van der Waals surface area contributed by atoms with E-state index < -0.39 is 0 Å². The van der Waals surface area contributed by atoms with Crippen LogP contribution in [0.25, 0.3) is 5.70 Å². The van der Waals surface area contributed by atoms with Crippen LogP contribution >= 0.6 is 11.6 Å². The Hall–Kier alpha value is -1.08. The van der Waals surface area contributed by atoms with Crippen molar-refractivity contribution in [2.75, 3.05) is 0 Å². The monoisotopic (exact) mass is 377 g/mol. The van der Waals surface area contributed by atoms with Gasteiger partial charge in [0.25, 0.3) is 0 Å². The minimum Gasteiger partial charge on any atom is -0.258 e. The number of hydrogen-bond acceptors (Lipinski definition) is 1. The lowest BCUT2D eigenvalue weighted by Gasteiger charge is -2.20. The molecule has 2 heteroatoms. The molecular formula is C24H40ClN. The highest BCUT2D eigenvalue weighted by molar-refractivity contribution is 6.30. The Morgan fingerprint density at radius 2 is 1.65 bits per heavy atom. The Morgan fingerprint density at radius 3 is 2.12 bits per heavy atom. The van der Waals surface area contributed by atoms with Gasteiger partial charge in [-0.2, -0.15) is 0 Å². The molecule has 0 N–H and O–H groups in total. The molecule has 1 nitrogen and oxygen atoms in total. The third kappa shape index (κ3) is 10.8. The van der Waals surface area contributed by atoms with Crippen LogP contribution in [0.2, 0.25) is 5.02 Å². The van der Waals surface area contributed by atoms with Crippen LogP contribution in [0.4, 0.5) is 0 Å². The summed E-state index contributed by atoms with van der Waals surface area (Å²) in [7, 11) is 0. The molecule has 26 heavy (non-hydrogen) atoms. The third-order valence-electron chi connectivity index (χ3n) is 5.03. The molecule has 0 saturated heterocycles. The number of benzene rings is 1. The summed E-state index contributed by atoms with van der Waals surface area (Å²) in [5.74, 6) is 1.92. The topological polar surface area (TPSA) is 12.4 Å². The lowest BCUT2D eigenvalue weighted by atomic mass is 9.86. The second-order valence-electron chi connectivity index (χ2n) is 7.25. The minimum absolute atomic E-state index is 0.739. The molecule has 0 aromatic heterocycles. The fraction of sp³-hybridized carbons (Fsp3) is 0.625. The van der Waals surface area contributed by atoms with Gasteiger partial charge in [0.15, 0.2) is 0 Å². The number of halogens is 1. The Bertz CT molecular complexity index is 516. The van der Waals surface area contributed by atoms with Gasteiger partial charge >= 0.3 is 0 Å². The first-order chi connectivity index (χ1) is 12.4. The zero-order valence-corrected chi connectivity index (χ0v) is 18.7. The Balaban J connectivity index is 0.000000541. The van der Waals surface area contributed by atoms with Gasteiger partial charge in [0.1, 0.15) is 0 Å². The zero-order chi connectivity index (χ0) is 19.9. The summed E-state index contributed by atoms with van der Waals surface area (Å²) in [5, 5.41) is 0.739. The van der Waals surface area contributed by atoms with E-state index in [0.29, 0.717) is 0 Å². The van der Waals surface area contributed by atoms with Crippen LogP contribution in [0.1, 0.15) is 92.1 Å². The van der Waals surface area contributed by atoms with E-state index in [9.17, 15) is 0 Å². The summed E-state index contributed by atoms with van der Waals surface area (Å²) in [5.41, 5.74) is 2.98. The van der Waals surface area contributed by atoms with Crippen molar-refractivity contribution in [3.05, 3.63) is 41.4 Å². The summed E-state index contributed by atoms with van der Waals surface area (Å²) >= 11 is 5.83. The Kier molecular flexibility index (Phi) is 14.4. The molecule has 0 aliphatic carbocycles. The van der Waals surface area contributed by atoms with E-state index in [2.05, 4.69) is 53.1 Å². The first-order valence-corrected chi connectivity index (χ1v) is 10.8. The van der Waals surface area contributed by atoms with Crippen molar-refractivity contribution in [2.24, 2.45) is 16.8 Å². The van der Waals surface area contributed by atoms with Gasteiger partial charge in [-0.05, 0) is 49.3 Å². The molecule has 1 aromatic rings. The van der Waals surface area contributed by atoms with Crippen LogP contribution in [0.15, 0.2) is 35.8 Å². The Labute approximate surface area is 168 Å². The SMILES string of the molecule is C=C(N=C(C)CCCC)c1ccc(Cl)cc1.CCCC(CC)C(C)CC. The number of nitrogens with zero attached hydrogens (tertiary/aromatic N) is 1. The van der Waals surface area contributed by atoms with Crippen molar-refractivity contribution >= 4 is 23.0 Å². The van der Waals surface area contributed by atoms with Gasteiger partial charge in [-0.3, -0.25) is 4.99 Å². The highest BCUT2D eigenvalue weighted by Gasteiger charge is 2.11. The molecule has 1 rings (SSSR count). The van der Waals surface area contributed by atoms with Crippen LogP contribution < -0.4 is 0 Å². The van der Waals surface area contributed by atoms with Crippen LogP contribution in [-0.2, 0) is 0 Å². The van der Waals surface area contributed by atoms with Crippen LogP contribution in [0.3, 0.4) is 0 Å². The average Bonchev–Trinajstić information content (AvgIpc) is 2.64. The highest BCUT2D eigenvalue weighted by Crippen LogP contribution is 2.23. The van der Waals surface area contributed by atoms with E-state index in [1.54, 1.807) is 0 Å². The normalized spacial score (nSPS) is 13.6. The summed E-state index contributed by atoms with van der Waals surface area (Å²) < 4.78 is 0. The molecule has 2 atom stereocenters. The highest BCUT2D eigenvalue weighted by atomic mass is 35.5. The van der Waals surface area contributed by atoms with Crippen molar-refractivity contribution in [3.63, 3.8) is 0 Å². The van der Waals surface area contributed by atoms with Crippen molar-refractivity contribution < 1.29 is 0 Å². The molecular weight excluding hydrogens is 338 g/mol. The maximum absolute atomic E-state index is 5.83. The molecule has 2 unspecified atom stereocenters. The van der Waals surface area contributed by atoms with Gasteiger partial charge in [-0.15, -0.1) is 0 Å². The number of aliphatic imine (C=N–C) groups is 1. The van der Waals surface area contributed by atoms with Gasteiger partial charge in [-0.1, -0.05) is 97.0 Å². The van der Waals surface area contributed by atoms with Crippen LogP contribution in [0, 0.1) is 11.8 Å². The lowest BCUT2D eigenvalue weighted by molar-refractivity contribution is 0.315. The molecule has 0 fully saturated rings. The summed E-state index contributed by atoms with van der Waals surface area (Å²) in [6, 6.07) is 7.61. The van der Waals surface area contributed by atoms with Crippen LogP contribution in [-0.4, -0.2) is 5.71 Å². The molecule has 0 bridgehead atoms. The van der Waals surface area contributed by atoms with Crippen molar-refractivity contribution in [3.8, 4) is 0 Å². The lowest BCUT2D eigenvalue weighted by Crippen LogP contribution is -2.09. The maximum atomic E-state index is 5.83. The fourth-order valence-corrected chi connectivity index (χ4v) is 3.15. The fourth-order valence-electron chi connectivity index (χ4n) is 3.02. The molecule has 148 valence electrons. The van der Waals surface area contributed by atoms with E-state index in [4.69, 9.17) is 11.6 Å². The van der Waals surface area contributed by atoms with Crippen molar-refractivity contribution in [2.45, 2.75) is 86.5 Å². The number of unbranched alkanes of at least 4 members (excludes halogenated alkanes) is 1. The summed E-state index contributed by atoms with van der Waals surface area (Å²) in [4.78, 5) is 4.49. The predicted octanol–water partition coefficient (Wildman–Crippen LogP) is 8.82. The maximum Gasteiger partial charge on any atom is 0.0629 e. The van der Waals surface area contributed by atoms with E-state index in [0.717, 1.165) is 40.3 Å². The molecule has 0 spiro atoms. The second kappa shape index (κ2) is 15.0. The molecule has 0 aliphatic rings. The second-order valence-corrected chi connectivity index (χ2v) is 7.68. The standard InChI is InChI=1S/C14H18ClN.C10H22/c1-4-5-6-11(2)16-12(3)13-7-9-14(15)10-8-13;1-5-8-10(7-3)9(4)6-2/h7-10H,3-6H2,1-2H3;9-10H,5-8H2,1-4H3. The zero-order valence-electron chi connectivity index (χ0n) is 17.9. The minimum atomic E-state index is 0.739. The van der Waals surface area contributed by atoms with Gasteiger partial charge < -0.3 is 0 Å². The van der Waals surface area contributed by atoms with Gasteiger partial charge in [0, 0.05) is 10.7 Å². The first kappa shape index (κ1) is 24.9. The summed E-state index contributed by atoms with van der Waals surface area (Å²) in [6.45, 7) is 17.5. The van der Waals surface area contributed by atoms with Gasteiger partial charge in [0.2, 0.25) is 0 Å². The van der Waals surface area contributed by atoms with Crippen molar-refractivity contribution in [1.82, 2.24) is 0 Å². The number of hydrogen-bond donors (Lipinski definition) is 0. The third-order valence-corrected chi connectivity index (χ3v) is 5.28. The quantitative estimate of drug-likeness (QED) is 0.361. The summed E-state index contributed by atoms with van der Waals surface area (Å²) in [6.07, 6.45) is 8.91. The largest absolute Gasteiger partial charge is 0.258 e. The van der Waals surface area contributed by atoms with E-state index >= 15 is 0 Å². The van der Waals surface area contributed by atoms with Crippen molar-refractivity contribution in [1.29, 1.82) is 0 Å². The number of rotatable bonds is 10. The van der Waals surface area contributed by atoms with Gasteiger partial charge in [0.05, 0.1) is 5.70 Å². The molecule has 0 saturated carbocycles. The van der Waals surface area contributed by atoms with E-state index in [1.165, 1.54) is 38.5 Å². The van der Waals surface area contributed by atoms with E-state index in [1.807, 2.05) is 24.3 Å². The predicted molar refractivity (Wildman–Crippen MR) is 121 cm³/mol. The van der Waals surface area contributed by atoms with Gasteiger partial charge in [-0.25, -0.2) is 0 Å². The molecule has 0 radical (unpaired) electrons. The molecule has 1 aromatic carbocycles. The smallest absolute Gasteiger partial charge is 0.0629 e. The molecule has 0 aliphatic heterocycles. The first-order valence-electron chi connectivity index (χ1n) is 10.4. The molecule has 0 amide bonds. The van der Waals surface area contributed by atoms with E-state index in [-0.39, 0.29) is 0 Å². The molecule has 0 heterocycles. The van der Waals surface area contributed by atoms with Crippen LogP contribution in [0.5, 0.6) is 0 Å². The Morgan fingerprint density at radius 1 is 1.04 bits per heavy atom. The average molecular weight is 378 g/mol.